The number of imidazole rings is 1. The van der Waals surface area contributed by atoms with E-state index in [1.54, 1.807) is 24.7 Å². The molecule has 0 amide bonds. The van der Waals surface area contributed by atoms with Crippen LogP contribution in [-0.2, 0) is 0 Å². The Labute approximate surface area is 203 Å². The fourth-order valence-corrected chi connectivity index (χ4v) is 4.54. The zero-order chi connectivity index (χ0) is 23.7. The fraction of sp³-hybridized carbons (Fsp3) is 0.375. The molecule has 1 fully saturated rings. The molecule has 1 aliphatic heterocycles. The Hall–Kier alpha value is -3.01. The number of pyridine rings is 1. The van der Waals surface area contributed by atoms with Crippen LogP contribution in [-0.4, -0.2) is 82.5 Å². The van der Waals surface area contributed by atoms with Crippen LogP contribution in [0.1, 0.15) is 6.42 Å². The van der Waals surface area contributed by atoms with E-state index >= 15 is 0 Å². The lowest BCUT2D eigenvalue weighted by molar-refractivity contribution is 0.242. The number of piperazine rings is 1. The van der Waals surface area contributed by atoms with E-state index in [0.29, 0.717) is 22.5 Å². The van der Waals surface area contributed by atoms with Crippen molar-refractivity contribution in [3.63, 3.8) is 0 Å². The quantitative estimate of drug-likeness (QED) is 0.428. The molecular formula is C24H28ClFN8. The number of hydrogen-bond acceptors (Lipinski definition) is 7. The van der Waals surface area contributed by atoms with Crippen molar-refractivity contribution in [1.82, 2.24) is 29.2 Å². The Balaban J connectivity index is 1.38. The van der Waals surface area contributed by atoms with E-state index in [1.807, 2.05) is 16.5 Å². The second-order valence-electron chi connectivity index (χ2n) is 8.83. The van der Waals surface area contributed by atoms with Gasteiger partial charge in [-0.2, -0.15) is 0 Å². The van der Waals surface area contributed by atoms with E-state index in [4.69, 9.17) is 21.6 Å². The first-order valence-electron chi connectivity index (χ1n) is 11.5. The predicted molar refractivity (Wildman–Crippen MR) is 135 cm³/mol. The van der Waals surface area contributed by atoms with Gasteiger partial charge in [-0.05, 0) is 57.9 Å². The van der Waals surface area contributed by atoms with Gasteiger partial charge < -0.3 is 15.1 Å². The topological polar surface area (TPSA) is 64.8 Å². The van der Waals surface area contributed by atoms with E-state index in [-0.39, 0.29) is 10.7 Å². The minimum absolute atomic E-state index is 0.187. The maximum absolute atomic E-state index is 14.3. The van der Waals surface area contributed by atoms with Crippen molar-refractivity contribution in [2.45, 2.75) is 6.42 Å². The smallest absolute Gasteiger partial charge is 0.166 e. The Morgan fingerprint density at radius 3 is 2.68 bits per heavy atom. The second-order valence-corrected chi connectivity index (χ2v) is 9.24. The highest BCUT2D eigenvalue weighted by molar-refractivity contribution is 6.33. The van der Waals surface area contributed by atoms with Crippen LogP contribution in [0.3, 0.4) is 0 Å². The van der Waals surface area contributed by atoms with Crippen LogP contribution < -0.4 is 10.2 Å². The molecule has 1 aromatic carbocycles. The molecule has 0 saturated carbocycles. The van der Waals surface area contributed by atoms with Crippen LogP contribution in [0, 0.1) is 5.82 Å². The van der Waals surface area contributed by atoms with Crippen molar-refractivity contribution < 1.29 is 4.39 Å². The van der Waals surface area contributed by atoms with Gasteiger partial charge in [0.1, 0.15) is 29.0 Å². The maximum Gasteiger partial charge on any atom is 0.166 e. The molecular weight excluding hydrogens is 455 g/mol. The molecule has 0 radical (unpaired) electrons. The summed E-state index contributed by atoms with van der Waals surface area (Å²) in [7, 11) is 4.23. The predicted octanol–water partition coefficient (Wildman–Crippen LogP) is 3.89. The third-order valence-electron chi connectivity index (χ3n) is 6.16. The highest BCUT2D eigenvalue weighted by atomic mass is 35.5. The number of hydrogen-bond donors (Lipinski definition) is 1. The van der Waals surface area contributed by atoms with E-state index in [0.717, 1.165) is 45.1 Å². The standard InChI is InChI=1S/C24H28ClFN8/c1-31(2)9-4-10-32-11-13-33(14-12-32)21-8-7-19-24(29-21)34-16-27-15-20(34)23(28-19)30-22-17(25)5-3-6-18(22)26/h3,5-8,15-16H,4,9-14H2,1-2H3,(H,28,30). The van der Waals surface area contributed by atoms with Crippen molar-refractivity contribution in [2.75, 3.05) is 63.6 Å². The molecule has 4 heterocycles. The lowest BCUT2D eigenvalue weighted by Crippen LogP contribution is -2.47. The van der Waals surface area contributed by atoms with Gasteiger partial charge in [-0.1, -0.05) is 17.7 Å². The van der Waals surface area contributed by atoms with Gasteiger partial charge in [0.2, 0.25) is 0 Å². The lowest BCUT2D eigenvalue weighted by atomic mass is 10.2. The molecule has 4 aromatic rings. The number of nitrogens with one attached hydrogen (secondary N) is 1. The molecule has 1 aliphatic rings. The van der Waals surface area contributed by atoms with Gasteiger partial charge in [-0.25, -0.2) is 19.3 Å². The zero-order valence-electron chi connectivity index (χ0n) is 19.4. The monoisotopic (exact) mass is 482 g/mol. The number of anilines is 3. The van der Waals surface area contributed by atoms with Gasteiger partial charge in [0.25, 0.3) is 0 Å². The third kappa shape index (κ3) is 4.64. The number of nitrogens with zero attached hydrogens (tertiary/aromatic N) is 7. The molecule has 0 bridgehead atoms. The summed E-state index contributed by atoms with van der Waals surface area (Å²) < 4.78 is 16.2. The average molecular weight is 483 g/mol. The minimum Gasteiger partial charge on any atom is -0.354 e. The first kappa shape index (κ1) is 22.8. The molecule has 178 valence electrons. The SMILES string of the molecule is CN(C)CCCN1CCN(c2ccc3nc(Nc4c(F)cccc4Cl)c4cncn4c3n2)CC1. The van der Waals surface area contributed by atoms with Crippen LogP contribution >= 0.6 is 11.6 Å². The Morgan fingerprint density at radius 2 is 1.91 bits per heavy atom. The molecule has 0 spiro atoms. The van der Waals surface area contributed by atoms with Crippen molar-refractivity contribution in [2.24, 2.45) is 0 Å². The molecule has 3 aromatic heterocycles. The van der Waals surface area contributed by atoms with Crippen molar-refractivity contribution in [3.05, 3.63) is 53.7 Å². The van der Waals surface area contributed by atoms with Crippen LogP contribution in [0.5, 0.6) is 0 Å². The van der Waals surface area contributed by atoms with E-state index in [2.05, 4.69) is 39.1 Å². The number of aromatic nitrogens is 4. The van der Waals surface area contributed by atoms with Crippen molar-refractivity contribution in [1.29, 1.82) is 0 Å². The number of rotatable bonds is 7. The third-order valence-corrected chi connectivity index (χ3v) is 6.48. The molecule has 5 rings (SSSR count). The summed E-state index contributed by atoms with van der Waals surface area (Å²) in [5.74, 6) is 0.953. The van der Waals surface area contributed by atoms with E-state index in [1.165, 1.54) is 12.5 Å². The number of fused-ring (bicyclic) bond motifs is 3. The summed E-state index contributed by atoms with van der Waals surface area (Å²) >= 11 is 6.21. The second kappa shape index (κ2) is 9.69. The highest BCUT2D eigenvalue weighted by Gasteiger charge is 2.20. The molecule has 0 unspecified atom stereocenters. The summed E-state index contributed by atoms with van der Waals surface area (Å²) in [4.78, 5) is 21.0. The zero-order valence-corrected chi connectivity index (χ0v) is 20.1. The summed E-state index contributed by atoms with van der Waals surface area (Å²) in [6, 6.07) is 8.52. The molecule has 8 nitrogen and oxygen atoms in total. The molecule has 1 N–H and O–H groups in total. The van der Waals surface area contributed by atoms with Crippen molar-refractivity contribution in [3.8, 4) is 0 Å². The Kier molecular flexibility index (Phi) is 6.49. The van der Waals surface area contributed by atoms with Gasteiger partial charge in [0.15, 0.2) is 11.5 Å². The largest absolute Gasteiger partial charge is 0.354 e. The Morgan fingerprint density at radius 1 is 1.09 bits per heavy atom. The lowest BCUT2D eigenvalue weighted by Gasteiger charge is -2.35. The van der Waals surface area contributed by atoms with Gasteiger partial charge >= 0.3 is 0 Å². The number of halogens is 2. The van der Waals surface area contributed by atoms with Gasteiger partial charge in [-0.15, -0.1) is 0 Å². The highest BCUT2D eigenvalue weighted by Crippen LogP contribution is 2.31. The fourth-order valence-electron chi connectivity index (χ4n) is 4.33. The average Bonchev–Trinajstić information content (AvgIpc) is 3.32. The van der Waals surface area contributed by atoms with E-state index in [9.17, 15) is 4.39 Å². The normalized spacial score (nSPS) is 15.0. The minimum atomic E-state index is -0.443. The van der Waals surface area contributed by atoms with Crippen LogP contribution in [0.25, 0.3) is 16.7 Å². The van der Waals surface area contributed by atoms with Crippen LogP contribution in [0.2, 0.25) is 5.02 Å². The summed E-state index contributed by atoms with van der Waals surface area (Å²) in [6.07, 6.45) is 4.57. The molecule has 10 heteroatoms. The van der Waals surface area contributed by atoms with Gasteiger partial charge in [0, 0.05) is 26.2 Å². The van der Waals surface area contributed by atoms with E-state index < -0.39 is 5.82 Å². The van der Waals surface area contributed by atoms with Crippen LogP contribution in [0.4, 0.5) is 21.7 Å². The first-order valence-corrected chi connectivity index (χ1v) is 11.8. The van der Waals surface area contributed by atoms with Gasteiger partial charge in [0.05, 0.1) is 16.9 Å². The number of para-hydroxylation sites is 1. The molecule has 0 atom stereocenters. The van der Waals surface area contributed by atoms with Gasteiger partial charge in [-0.3, -0.25) is 9.30 Å². The van der Waals surface area contributed by atoms with Crippen LogP contribution in [0.15, 0.2) is 42.9 Å². The summed E-state index contributed by atoms with van der Waals surface area (Å²) in [5.41, 5.74) is 2.28. The number of benzene rings is 1. The molecule has 1 saturated heterocycles. The summed E-state index contributed by atoms with van der Waals surface area (Å²) in [5, 5.41) is 3.33. The molecule has 0 aliphatic carbocycles. The Bertz CT molecular complexity index is 1280. The summed E-state index contributed by atoms with van der Waals surface area (Å²) in [6.45, 7) is 6.16. The van der Waals surface area contributed by atoms with Crippen molar-refractivity contribution >= 4 is 45.6 Å². The molecule has 34 heavy (non-hydrogen) atoms. The first-order chi connectivity index (χ1) is 16.5. The maximum atomic E-state index is 14.3.